The number of rotatable bonds is 3. The van der Waals surface area contributed by atoms with Gasteiger partial charge in [0.25, 0.3) is 0 Å². The van der Waals surface area contributed by atoms with Gasteiger partial charge < -0.3 is 4.79 Å². The molecule has 0 aliphatic heterocycles. The third-order valence-corrected chi connectivity index (χ3v) is 4.68. The topological polar surface area (TPSA) is 17.1 Å². The second kappa shape index (κ2) is 4.27. The maximum atomic E-state index is 11.4. The van der Waals surface area contributed by atoms with Crippen LogP contribution in [0.3, 0.4) is 0 Å². The minimum Gasteiger partial charge on any atom is -0.303 e. The average Bonchev–Trinajstić information content (AvgIpc) is 2.18. The first kappa shape index (κ1) is 12.7. The molecule has 88 valence electrons. The molecule has 1 unspecified atom stereocenters. The monoisotopic (exact) mass is 210 g/mol. The molecule has 1 saturated carbocycles. The molecule has 0 N–H and O–H groups in total. The Morgan fingerprint density at radius 2 is 1.47 bits per heavy atom. The Kier molecular flexibility index (Phi) is 3.63. The second-order valence-electron chi connectivity index (χ2n) is 6.55. The lowest BCUT2D eigenvalue weighted by molar-refractivity contribution is -0.123. The Balaban J connectivity index is 2.76. The average molecular weight is 210 g/mol. The highest BCUT2D eigenvalue weighted by Gasteiger charge is 2.42. The van der Waals surface area contributed by atoms with E-state index in [-0.39, 0.29) is 5.41 Å². The lowest BCUT2D eigenvalue weighted by atomic mass is 9.59. The third-order valence-electron chi connectivity index (χ3n) is 4.68. The van der Waals surface area contributed by atoms with E-state index in [0.717, 1.165) is 12.8 Å². The van der Waals surface area contributed by atoms with Gasteiger partial charge in [-0.2, -0.15) is 0 Å². The van der Waals surface area contributed by atoms with Gasteiger partial charge in [0, 0.05) is 5.41 Å². The van der Waals surface area contributed by atoms with E-state index in [1.165, 1.54) is 19.1 Å². The lowest BCUT2D eigenvalue weighted by Gasteiger charge is -2.45. The molecule has 0 aromatic rings. The van der Waals surface area contributed by atoms with Crippen LogP contribution in [0.4, 0.5) is 0 Å². The molecule has 0 spiro atoms. The maximum absolute atomic E-state index is 11.4. The molecule has 1 aliphatic rings. The van der Waals surface area contributed by atoms with Crippen LogP contribution in [0.1, 0.15) is 60.3 Å². The van der Waals surface area contributed by atoms with Gasteiger partial charge in [0.2, 0.25) is 0 Å². The molecule has 0 bridgehead atoms. The Hall–Kier alpha value is -0.330. The molecule has 1 nitrogen and oxygen atoms in total. The Morgan fingerprint density at radius 1 is 1.00 bits per heavy atom. The molecule has 1 atom stereocenters. The number of carbonyl (C=O) groups excluding carboxylic acids is 1. The highest BCUT2D eigenvalue weighted by atomic mass is 16.1. The van der Waals surface area contributed by atoms with Crippen LogP contribution in [0.25, 0.3) is 0 Å². The van der Waals surface area contributed by atoms with Gasteiger partial charge >= 0.3 is 0 Å². The summed E-state index contributed by atoms with van der Waals surface area (Å²) in [5, 5.41) is 0. The predicted octanol–water partition coefficient (Wildman–Crippen LogP) is 4.06. The molecule has 1 heteroatoms. The SMILES string of the molecule is CC(C)C(C)C1(C=O)CCC(C)(C)CC1. The number of aldehydes is 1. The molecule has 1 fully saturated rings. The molecule has 0 saturated heterocycles. The van der Waals surface area contributed by atoms with Crippen molar-refractivity contribution in [2.24, 2.45) is 22.7 Å². The molecule has 0 aromatic carbocycles. The van der Waals surface area contributed by atoms with Crippen LogP contribution < -0.4 is 0 Å². The Labute approximate surface area is 94.6 Å². The molecule has 0 heterocycles. The van der Waals surface area contributed by atoms with Crippen molar-refractivity contribution in [1.82, 2.24) is 0 Å². The quantitative estimate of drug-likeness (QED) is 0.642. The highest BCUT2D eigenvalue weighted by Crippen LogP contribution is 2.49. The van der Waals surface area contributed by atoms with Gasteiger partial charge in [0.15, 0.2) is 0 Å². The summed E-state index contributed by atoms with van der Waals surface area (Å²) in [7, 11) is 0. The van der Waals surface area contributed by atoms with Crippen molar-refractivity contribution >= 4 is 6.29 Å². The van der Waals surface area contributed by atoms with E-state index in [1.54, 1.807) is 0 Å². The number of hydrogen-bond acceptors (Lipinski definition) is 1. The van der Waals surface area contributed by atoms with E-state index in [4.69, 9.17) is 0 Å². The van der Waals surface area contributed by atoms with Crippen LogP contribution in [0, 0.1) is 22.7 Å². The summed E-state index contributed by atoms with van der Waals surface area (Å²) < 4.78 is 0. The number of carbonyl (C=O) groups is 1. The molecule has 15 heavy (non-hydrogen) atoms. The summed E-state index contributed by atoms with van der Waals surface area (Å²) in [6, 6.07) is 0. The fraction of sp³-hybridized carbons (Fsp3) is 0.929. The molecule has 0 radical (unpaired) electrons. The largest absolute Gasteiger partial charge is 0.303 e. The molecule has 1 aliphatic carbocycles. The first-order chi connectivity index (χ1) is 6.83. The fourth-order valence-electron chi connectivity index (χ4n) is 2.74. The first-order valence-electron chi connectivity index (χ1n) is 6.29. The summed E-state index contributed by atoms with van der Waals surface area (Å²) in [4.78, 5) is 11.4. The van der Waals surface area contributed by atoms with E-state index in [9.17, 15) is 4.79 Å². The van der Waals surface area contributed by atoms with Crippen molar-refractivity contribution in [3.8, 4) is 0 Å². The summed E-state index contributed by atoms with van der Waals surface area (Å²) in [6.07, 6.45) is 5.82. The zero-order valence-corrected chi connectivity index (χ0v) is 11.0. The van der Waals surface area contributed by atoms with Gasteiger partial charge in [-0.3, -0.25) is 0 Å². The molecule has 1 rings (SSSR count). The van der Waals surface area contributed by atoms with E-state index >= 15 is 0 Å². The van der Waals surface area contributed by atoms with Crippen molar-refractivity contribution in [2.45, 2.75) is 60.3 Å². The van der Waals surface area contributed by atoms with Crippen LogP contribution in [0.15, 0.2) is 0 Å². The van der Waals surface area contributed by atoms with E-state index in [1.807, 2.05) is 0 Å². The van der Waals surface area contributed by atoms with Crippen molar-refractivity contribution in [2.75, 3.05) is 0 Å². The fourth-order valence-corrected chi connectivity index (χ4v) is 2.74. The number of hydrogen-bond donors (Lipinski definition) is 0. The first-order valence-corrected chi connectivity index (χ1v) is 6.29. The molecule has 0 amide bonds. The zero-order chi connectivity index (χ0) is 11.7. The van der Waals surface area contributed by atoms with E-state index in [0.29, 0.717) is 17.3 Å². The van der Waals surface area contributed by atoms with Crippen LogP contribution in [0.5, 0.6) is 0 Å². The van der Waals surface area contributed by atoms with Crippen molar-refractivity contribution < 1.29 is 4.79 Å². The standard InChI is InChI=1S/C14H26O/c1-11(2)12(3)14(10-15)8-6-13(4,5)7-9-14/h10-12H,6-9H2,1-5H3. The predicted molar refractivity (Wildman–Crippen MR) is 64.7 cm³/mol. The van der Waals surface area contributed by atoms with Crippen molar-refractivity contribution in [3.63, 3.8) is 0 Å². The second-order valence-corrected chi connectivity index (χ2v) is 6.55. The highest BCUT2D eigenvalue weighted by molar-refractivity contribution is 5.60. The van der Waals surface area contributed by atoms with Crippen LogP contribution in [-0.4, -0.2) is 6.29 Å². The van der Waals surface area contributed by atoms with E-state index < -0.39 is 0 Å². The maximum Gasteiger partial charge on any atom is 0.126 e. The Bertz CT molecular complexity index is 217. The summed E-state index contributed by atoms with van der Waals surface area (Å²) in [5.41, 5.74) is 0.424. The van der Waals surface area contributed by atoms with Gasteiger partial charge in [0.1, 0.15) is 6.29 Å². The van der Waals surface area contributed by atoms with Crippen LogP contribution >= 0.6 is 0 Å². The molecule has 0 aromatic heterocycles. The molecular weight excluding hydrogens is 184 g/mol. The Morgan fingerprint density at radius 3 is 1.80 bits per heavy atom. The van der Waals surface area contributed by atoms with Gasteiger partial charge in [-0.25, -0.2) is 0 Å². The lowest BCUT2D eigenvalue weighted by Crippen LogP contribution is -2.39. The zero-order valence-electron chi connectivity index (χ0n) is 11.0. The summed E-state index contributed by atoms with van der Waals surface area (Å²) in [6.45, 7) is 11.4. The van der Waals surface area contributed by atoms with Gasteiger partial charge in [-0.05, 0) is 42.9 Å². The minimum absolute atomic E-state index is 0.0241. The summed E-state index contributed by atoms with van der Waals surface area (Å²) >= 11 is 0. The molecular formula is C14H26O. The van der Waals surface area contributed by atoms with Gasteiger partial charge in [-0.1, -0.05) is 34.6 Å². The van der Waals surface area contributed by atoms with Gasteiger partial charge in [0.05, 0.1) is 0 Å². The normalized spacial score (nSPS) is 26.3. The van der Waals surface area contributed by atoms with Gasteiger partial charge in [-0.15, -0.1) is 0 Å². The van der Waals surface area contributed by atoms with Crippen LogP contribution in [0.2, 0.25) is 0 Å². The summed E-state index contributed by atoms with van der Waals surface area (Å²) in [5.74, 6) is 1.13. The minimum atomic E-state index is -0.0241. The third kappa shape index (κ3) is 2.62. The van der Waals surface area contributed by atoms with Crippen LogP contribution in [-0.2, 0) is 4.79 Å². The van der Waals surface area contributed by atoms with Crippen molar-refractivity contribution in [3.05, 3.63) is 0 Å². The smallest absolute Gasteiger partial charge is 0.126 e. The van der Waals surface area contributed by atoms with E-state index in [2.05, 4.69) is 34.6 Å². The van der Waals surface area contributed by atoms with Crippen molar-refractivity contribution in [1.29, 1.82) is 0 Å².